The average molecular weight is 464 g/mol. The van der Waals surface area contributed by atoms with Crippen LogP contribution >= 0.6 is 0 Å². The normalized spacial score (nSPS) is 12.5. The zero-order chi connectivity index (χ0) is 24.7. The summed E-state index contributed by atoms with van der Waals surface area (Å²) in [5.74, 6) is -1.44. The third-order valence-electron chi connectivity index (χ3n) is 5.30. The summed E-state index contributed by atoms with van der Waals surface area (Å²) < 4.78 is 10.3. The molecule has 0 heterocycles. The lowest BCUT2D eigenvalue weighted by Crippen LogP contribution is -2.54. The van der Waals surface area contributed by atoms with E-state index in [1.165, 1.54) is 6.92 Å². The highest BCUT2D eigenvalue weighted by molar-refractivity contribution is 6.05. The molecule has 0 bridgehead atoms. The van der Waals surface area contributed by atoms with Crippen molar-refractivity contribution in [1.29, 1.82) is 0 Å². The maximum Gasteiger partial charge on any atom is 0.408 e. The maximum atomic E-state index is 12.8. The Balaban J connectivity index is 1.74. The molecule has 0 spiro atoms. The Labute approximate surface area is 196 Å². The van der Waals surface area contributed by atoms with Gasteiger partial charge in [-0.05, 0) is 29.2 Å². The van der Waals surface area contributed by atoms with E-state index in [2.05, 4.69) is 11.2 Å². The van der Waals surface area contributed by atoms with Crippen LogP contribution in [0.15, 0.2) is 48.5 Å². The number of aliphatic carboxylic acids is 1. The largest absolute Gasteiger partial charge is 0.480 e. The van der Waals surface area contributed by atoms with Gasteiger partial charge >= 0.3 is 18.0 Å². The summed E-state index contributed by atoms with van der Waals surface area (Å²) in [7, 11) is 0. The number of esters is 1. The third-order valence-corrected chi connectivity index (χ3v) is 5.30. The second-order valence-electron chi connectivity index (χ2n) is 7.45. The summed E-state index contributed by atoms with van der Waals surface area (Å²) in [5, 5.41) is 11.2. The summed E-state index contributed by atoms with van der Waals surface area (Å²) >= 11 is 0. The molecule has 1 aliphatic carbocycles. The van der Waals surface area contributed by atoms with Crippen molar-refractivity contribution in [3.05, 3.63) is 59.7 Å². The Morgan fingerprint density at radius 2 is 1.65 bits per heavy atom. The van der Waals surface area contributed by atoms with Gasteiger partial charge in [0.15, 0.2) is 0 Å². The standard InChI is InChI=1S/C25H24N2O7/c1-3-13-27(14-21(28)29)23(30)22(24(31)33-4-2)26-25(32)34-15-20-18-11-7-5-9-16(18)17-10-6-8-12-19(17)20/h1,5-12,20,22H,4,13-15H2,2H3,(H,26,32)(H,28,29). The molecule has 0 radical (unpaired) electrons. The first kappa shape index (κ1) is 24.3. The lowest BCUT2D eigenvalue weighted by Gasteiger charge is -2.24. The van der Waals surface area contributed by atoms with Crippen LogP contribution in [0.1, 0.15) is 24.0 Å². The summed E-state index contributed by atoms with van der Waals surface area (Å²) in [5.41, 5.74) is 4.09. The van der Waals surface area contributed by atoms with Gasteiger partial charge in [0.25, 0.3) is 5.91 Å². The zero-order valence-corrected chi connectivity index (χ0v) is 18.5. The van der Waals surface area contributed by atoms with E-state index in [9.17, 15) is 19.2 Å². The summed E-state index contributed by atoms with van der Waals surface area (Å²) in [6, 6.07) is 13.7. The number of carbonyl (C=O) groups excluding carboxylic acids is 3. The number of nitrogens with zero attached hydrogens (tertiary/aromatic N) is 1. The number of fused-ring (bicyclic) bond motifs is 3. The number of alkyl carbamates (subject to hydrolysis) is 1. The van der Waals surface area contributed by atoms with Crippen molar-refractivity contribution in [2.75, 3.05) is 26.3 Å². The number of hydrogen-bond acceptors (Lipinski definition) is 6. The zero-order valence-electron chi connectivity index (χ0n) is 18.5. The van der Waals surface area contributed by atoms with Gasteiger partial charge in [0.2, 0.25) is 6.04 Å². The van der Waals surface area contributed by atoms with Crippen LogP contribution in [-0.2, 0) is 23.9 Å². The van der Waals surface area contributed by atoms with Crippen molar-refractivity contribution in [3.63, 3.8) is 0 Å². The number of terminal acetylenes is 1. The van der Waals surface area contributed by atoms with Crippen molar-refractivity contribution in [2.24, 2.45) is 0 Å². The Morgan fingerprint density at radius 1 is 1.06 bits per heavy atom. The van der Waals surface area contributed by atoms with E-state index in [0.29, 0.717) is 0 Å². The number of benzene rings is 2. The highest BCUT2D eigenvalue weighted by atomic mass is 16.6. The number of nitrogens with one attached hydrogen (secondary N) is 1. The van der Waals surface area contributed by atoms with Gasteiger partial charge in [0.05, 0.1) is 13.2 Å². The number of carboxylic acid groups (broad SMARTS) is 1. The highest BCUT2D eigenvalue weighted by Crippen LogP contribution is 2.44. The van der Waals surface area contributed by atoms with Gasteiger partial charge in [-0.3, -0.25) is 14.9 Å². The first-order valence-corrected chi connectivity index (χ1v) is 10.6. The van der Waals surface area contributed by atoms with E-state index < -0.39 is 36.5 Å². The fourth-order valence-corrected chi connectivity index (χ4v) is 3.87. The topological polar surface area (TPSA) is 122 Å². The quantitative estimate of drug-likeness (QED) is 0.331. The smallest absolute Gasteiger partial charge is 0.408 e. The SMILES string of the molecule is C#CCN(CC(=O)O)C(=O)C(NC(=O)OCC1c2ccccc2-c2ccccc21)C(=O)OCC. The van der Waals surface area contributed by atoms with E-state index in [0.717, 1.165) is 27.2 Å². The third kappa shape index (κ3) is 5.35. The molecule has 2 aromatic carbocycles. The van der Waals surface area contributed by atoms with Crippen LogP contribution in [0, 0.1) is 12.3 Å². The van der Waals surface area contributed by atoms with E-state index in [-0.39, 0.29) is 25.7 Å². The van der Waals surface area contributed by atoms with Crippen molar-refractivity contribution < 1.29 is 33.8 Å². The lowest BCUT2D eigenvalue weighted by atomic mass is 9.98. The first-order chi connectivity index (χ1) is 16.4. The van der Waals surface area contributed by atoms with Crippen molar-refractivity contribution in [3.8, 4) is 23.5 Å². The minimum Gasteiger partial charge on any atom is -0.480 e. The number of amides is 2. The molecule has 9 nitrogen and oxygen atoms in total. The molecule has 1 unspecified atom stereocenters. The first-order valence-electron chi connectivity index (χ1n) is 10.6. The van der Waals surface area contributed by atoms with E-state index in [1.807, 2.05) is 48.5 Å². The number of ether oxygens (including phenoxy) is 2. The molecule has 0 saturated heterocycles. The molecule has 9 heteroatoms. The van der Waals surface area contributed by atoms with Crippen LogP contribution in [-0.4, -0.2) is 66.3 Å². The second-order valence-corrected chi connectivity index (χ2v) is 7.45. The number of carboxylic acids is 1. The Hall–Kier alpha value is -4.32. The van der Waals surface area contributed by atoms with Crippen molar-refractivity contribution >= 4 is 23.9 Å². The van der Waals surface area contributed by atoms with Gasteiger partial charge in [-0.15, -0.1) is 6.42 Å². The Bertz CT molecular complexity index is 1090. The number of rotatable bonds is 9. The van der Waals surface area contributed by atoms with Gasteiger partial charge in [-0.2, -0.15) is 0 Å². The minimum atomic E-state index is -1.80. The lowest BCUT2D eigenvalue weighted by molar-refractivity contribution is -0.154. The minimum absolute atomic E-state index is 0.0349. The molecule has 2 amide bonds. The molecule has 1 atom stereocenters. The number of carbonyl (C=O) groups is 4. The van der Waals surface area contributed by atoms with Gasteiger partial charge in [-0.25, -0.2) is 9.59 Å². The van der Waals surface area contributed by atoms with Crippen LogP contribution in [0.25, 0.3) is 11.1 Å². The molecular formula is C25H24N2O7. The Kier molecular flexibility index (Phi) is 7.88. The predicted octanol–water partition coefficient (Wildman–Crippen LogP) is 2.00. The molecule has 2 aromatic rings. The van der Waals surface area contributed by atoms with Crippen LogP contribution in [0.2, 0.25) is 0 Å². The summed E-state index contributed by atoms with van der Waals surface area (Å²) in [6.45, 7) is 0.331. The fraction of sp³-hybridized carbons (Fsp3) is 0.280. The molecule has 34 heavy (non-hydrogen) atoms. The molecule has 3 rings (SSSR count). The molecule has 176 valence electrons. The number of hydrogen-bond donors (Lipinski definition) is 2. The van der Waals surface area contributed by atoms with Crippen LogP contribution in [0.5, 0.6) is 0 Å². The molecule has 0 aliphatic heterocycles. The van der Waals surface area contributed by atoms with Gasteiger partial charge in [-0.1, -0.05) is 54.5 Å². The second kappa shape index (κ2) is 11.0. The van der Waals surface area contributed by atoms with E-state index in [4.69, 9.17) is 21.0 Å². The molecule has 0 saturated carbocycles. The fourth-order valence-electron chi connectivity index (χ4n) is 3.87. The van der Waals surface area contributed by atoms with E-state index in [1.54, 1.807) is 0 Å². The molecular weight excluding hydrogens is 440 g/mol. The van der Waals surface area contributed by atoms with E-state index >= 15 is 0 Å². The van der Waals surface area contributed by atoms with Gasteiger partial charge < -0.3 is 19.5 Å². The monoisotopic (exact) mass is 464 g/mol. The Morgan fingerprint density at radius 3 is 2.18 bits per heavy atom. The van der Waals surface area contributed by atoms with Crippen molar-refractivity contribution in [2.45, 2.75) is 18.9 Å². The molecule has 0 fully saturated rings. The van der Waals surface area contributed by atoms with Crippen LogP contribution < -0.4 is 5.32 Å². The summed E-state index contributed by atoms with van der Waals surface area (Å²) in [6.07, 6.45) is 4.19. The molecule has 1 aliphatic rings. The van der Waals surface area contributed by atoms with Gasteiger partial charge in [0.1, 0.15) is 13.2 Å². The van der Waals surface area contributed by atoms with Gasteiger partial charge in [0, 0.05) is 5.92 Å². The maximum absolute atomic E-state index is 12.8. The highest BCUT2D eigenvalue weighted by Gasteiger charge is 2.35. The van der Waals surface area contributed by atoms with Crippen molar-refractivity contribution in [1.82, 2.24) is 10.2 Å². The summed E-state index contributed by atoms with van der Waals surface area (Å²) in [4.78, 5) is 49.6. The molecule has 0 aromatic heterocycles. The predicted molar refractivity (Wildman–Crippen MR) is 122 cm³/mol. The molecule has 2 N–H and O–H groups in total. The van der Waals surface area contributed by atoms with Crippen LogP contribution in [0.3, 0.4) is 0 Å². The van der Waals surface area contributed by atoms with Crippen LogP contribution in [0.4, 0.5) is 4.79 Å². The average Bonchev–Trinajstić information content (AvgIpc) is 3.14.